The van der Waals surface area contributed by atoms with E-state index in [1.54, 1.807) is 6.26 Å². The second-order valence-corrected chi connectivity index (χ2v) is 5.96. The number of nitrogens with zero attached hydrogens (tertiary/aromatic N) is 3. The van der Waals surface area contributed by atoms with Crippen molar-refractivity contribution in [3.8, 4) is 18.2 Å². The molecule has 1 rings (SSSR count). The van der Waals surface area contributed by atoms with Gasteiger partial charge in [0.2, 0.25) is 0 Å². The van der Waals surface area contributed by atoms with Crippen LogP contribution >= 0.6 is 11.8 Å². The summed E-state index contributed by atoms with van der Waals surface area (Å²) >= 11 is 1.32. The van der Waals surface area contributed by atoms with Crippen molar-refractivity contribution in [2.24, 2.45) is 11.8 Å². The van der Waals surface area contributed by atoms with Crippen molar-refractivity contribution in [2.45, 2.75) is 26.2 Å². The number of thioether (sulfide) groups is 1. The smallest absolute Gasteiger partial charge is 0.348 e. The lowest BCUT2D eigenvalue weighted by Gasteiger charge is -2.31. The Morgan fingerprint density at radius 1 is 1.23 bits per heavy atom. The molecule has 6 heteroatoms. The minimum Gasteiger partial charge on any atom is -0.465 e. The monoisotopic (exact) mass is 315 g/mol. The number of carbonyl (C=O) groups excluding carboxylic acids is 1. The van der Waals surface area contributed by atoms with Gasteiger partial charge in [-0.25, -0.2) is 4.79 Å². The highest BCUT2D eigenvalue weighted by atomic mass is 32.2. The lowest BCUT2D eigenvalue weighted by molar-refractivity contribution is -0.135. The second kappa shape index (κ2) is 8.27. The number of hydrogen-bond donors (Lipinski definition) is 0. The van der Waals surface area contributed by atoms with E-state index in [2.05, 4.69) is 6.92 Å². The first-order valence-electron chi connectivity index (χ1n) is 6.83. The highest BCUT2D eigenvalue weighted by Crippen LogP contribution is 2.43. The van der Waals surface area contributed by atoms with Crippen LogP contribution in [0.2, 0.25) is 0 Å². The summed E-state index contributed by atoms with van der Waals surface area (Å²) in [5.74, 6) is -0.559. The Bertz CT molecular complexity index is 628. The molecule has 0 aromatic carbocycles. The lowest BCUT2D eigenvalue weighted by atomic mass is 9.76. The van der Waals surface area contributed by atoms with E-state index in [1.807, 2.05) is 18.2 Å². The number of rotatable bonds is 3. The average Bonchev–Trinajstić information content (AvgIpc) is 2.53. The van der Waals surface area contributed by atoms with E-state index in [0.29, 0.717) is 29.2 Å². The molecule has 1 aliphatic carbocycles. The van der Waals surface area contributed by atoms with Crippen LogP contribution in [0.3, 0.4) is 0 Å². The van der Waals surface area contributed by atoms with Crippen LogP contribution in [0.15, 0.2) is 21.6 Å². The Morgan fingerprint density at radius 3 is 2.32 bits per heavy atom. The van der Waals surface area contributed by atoms with Gasteiger partial charge in [0, 0.05) is 10.8 Å². The molecule has 0 N–H and O–H groups in total. The fraction of sp³-hybridized carbons (Fsp3) is 0.500. The van der Waals surface area contributed by atoms with Gasteiger partial charge in [-0.05, 0) is 37.0 Å². The Morgan fingerprint density at radius 2 is 1.86 bits per heavy atom. The van der Waals surface area contributed by atoms with Crippen molar-refractivity contribution in [2.75, 3.05) is 13.4 Å². The minimum absolute atomic E-state index is 0.000768. The standard InChI is InChI=1S/C16H17N3O2S/c1-10-4-5-12(15(22-3)11(7-17)8-18)13(6-10)14(9-19)16(20)21-2/h10,12H,4-6H2,1-3H3/b14-13+/t10-,12-/m0/s1. The van der Waals surface area contributed by atoms with Crippen molar-refractivity contribution in [1.82, 2.24) is 0 Å². The summed E-state index contributed by atoms with van der Waals surface area (Å²) in [4.78, 5) is 12.5. The van der Waals surface area contributed by atoms with E-state index in [4.69, 9.17) is 15.3 Å². The zero-order valence-electron chi connectivity index (χ0n) is 12.8. The SMILES string of the molecule is COC(=O)/C(C#N)=C1\C[C@@H](C)CC[C@@H]1C(SC)=C(C#N)C#N. The van der Waals surface area contributed by atoms with Crippen molar-refractivity contribution in [3.63, 3.8) is 0 Å². The normalized spacial score (nSPS) is 22.5. The molecule has 114 valence electrons. The predicted molar refractivity (Wildman–Crippen MR) is 82.9 cm³/mol. The van der Waals surface area contributed by atoms with Crippen LogP contribution in [0.4, 0.5) is 0 Å². The maximum absolute atomic E-state index is 11.9. The third kappa shape index (κ3) is 3.70. The fourth-order valence-corrected chi connectivity index (χ4v) is 3.56. The highest BCUT2D eigenvalue weighted by Gasteiger charge is 2.32. The van der Waals surface area contributed by atoms with Crippen LogP contribution in [0.5, 0.6) is 0 Å². The van der Waals surface area contributed by atoms with E-state index < -0.39 is 5.97 Å². The largest absolute Gasteiger partial charge is 0.465 e. The molecule has 1 saturated carbocycles. The first-order valence-corrected chi connectivity index (χ1v) is 8.06. The molecule has 0 unspecified atom stereocenters. The number of hydrogen-bond acceptors (Lipinski definition) is 6. The van der Waals surface area contributed by atoms with Gasteiger partial charge in [-0.1, -0.05) is 6.92 Å². The first kappa shape index (κ1) is 17.8. The van der Waals surface area contributed by atoms with Gasteiger partial charge in [0.05, 0.1) is 7.11 Å². The molecule has 0 saturated heterocycles. The molecule has 0 aromatic rings. The Balaban J connectivity index is 3.51. The molecule has 1 aliphatic rings. The molecule has 2 atom stereocenters. The lowest BCUT2D eigenvalue weighted by Crippen LogP contribution is -2.21. The highest BCUT2D eigenvalue weighted by molar-refractivity contribution is 8.02. The summed E-state index contributed by atoms with van der Waals surface area (Å²) in [6.45, 7) is 2.06. The predicted octanol–water partition coefficient (Wildman–Crippen LogP) is 3.08. The molecule has 0 aromatic heterocycles. The van der Waals surface area contributed by atoms with E-state index in [9.17, 15) is 10.1 Å². The van der Waals surface area contributed by atoms with Crippen molar-refractivity contribution >= 4 is 17.7 Å². The Hall–Kier alpha value is -2.23. The maximum Gasteiger partial charge on any atom is 0.348 e. The molecule has 0 bridgehead atoms. The van der Waals surface area contributed by atoms with Gasteiger partial charge in [0.15, 0.2) is 0 Å². The number of nitriles is 3. The zero-order chi connectivity index (χ0) is 16.7. The quantitative estimate of drug-likeness (QED) is 0.451. The van der Waals surface area contributed by atoms with Crippen molar-refractivity contribution in [1.29, 1.82) is 15.8 Å². The third-order valence-electron chi connectivity index (χ3n) is 3.77. The van der Waals surface area contributed by atoms with Gasteiger partial charge in [0.1, 0.15) is 29.4 Å². The molecule has 1 fully saturated rings. The summed E-state index contributed by atoms with van der Waals surface area (Å²) in [5, 5.41) is 27.6. The maximum atomic E-state index is 11.9. The zero-order valence-corrected chi connectivity index (χ0v) is 13.7. The van der Waals surface area contributed by atoms with Gasteiger partial charge in [0.25, 0.3) is 0 Å². The summed E-state index contributed by atoms with van der Waals surface area (Å²) in [6, 6.07) is 5.75. The van der Waals surface area contributed by atoms with Crippen molar-refractivity contribution < 1.29 is 9.53 Å². The Labute approximate surface area is 134 Å². The Kier molecular flexibility index (Phi) is 6.70. The van der Waals surface area contributed by atoms with E-state index in [1.165, 1.54) is 18.9 Å². The summed E-state index contributed by atoms with van der Waals surface area (Å²) in [7, 11) is 1.24. The fourth-order valence-electron chi connectivity index (χ4n) is 2.72. The molecule has 0 amide bonds. The van der Waals surface area contributed by atoms with E-state index >= 15 is 0 Å². The molecule has 0 aliphatic heterocycles. The number of carbonyl (C=O) groups is 1. The average molecular weight is 315 g/mol. The van der Waals surface area contributed by atoms with Gasteiger partial charge >= 0.3 is 5.97 Å². The molecule has 0 radical (unpaired) electrons. The number of ether oxygens (including phenoxy) is 1. The number of esters is 1. The summed E-state index contributed by atoms with van der Waals surface area (Å²) in [6.07, 6.45) is 4.02. The van der Waals surface area contributed by atoms with Crippen LogP contribution in [0, 0.1) is 45.8 Å². The van der Waals surface area contributed by atoms with Gasteiger partial charge in [-0.2, -0.15) is 15.8 Å². The molecule has 5 nitrogen and oxygen atoms in total. The summed E-state index contributed by atoms with van der Waals surface area (Å²) in [5.41, 5.74) is 0.730. The molecular formula is C16H17N3O2S. The molecule has 22 heavy (non-hydrogen) atoms. The second-order valence-electron chi connectivity index (χ2n) is 5.11. The molecular weight excluding hydrogens is 298 g/mol. The summed E-state index contributed by atoms with van der Waals surface area (Å²) < 4.78 is 4.69. The van der Waals surface area contributed by atoms with Crippen molar-refractivity contribution in [3.05, 3.63) is 21.6 Å². The molecule has 0 spiro atoms. The van der Waals surface area contributed by atoms with Gasteiger partial charge in [-0.3, -0.25) is 0 Å². The minimum atomic E-state index is -0.660. The number of allylic oxidation sites excluding steroid dienone is 3. The van der Waals surface area contributed by atoms with Crippen LogP contribution in [-0.4, -0.2) is 19.3 Å². The molecule has 0 heterocycles. The van der Waals surface area contributed by atoms with Crippen LogP contribution < -0.4 is 0 Å². The van der Waals surface area contributed by atoms with Gasteiger partial charge < -0.3 is 4.74 Å². The van der Waals surface area contributed by atoms with Crippen LogP contribution in [0.25, 0.3) is 0 Å². The van der Waals surface area contributed by atoms with E-state index in [-0.39, 0.29) is 17.1 Å². The van der Waals surface area contributed by atoms with Crippen LogP contribution in [-0.2, 0) is 9.53 Å². The first-order chi connectivity index (χ1) is 10.5. The topological polar surface area (TPSA) is 97.7 Å². The third-order valence-corrected chi connectivity index (χ3v) is 4.69. The van der Waals surface area contributed by atoms with Crippen LogP contribution in [0.1, 0.15) is 26.2 Å². The van der Waals surface area contributed by atoms with Gasteiger partial charge in [-0.15, -0.1) is 11.8 Å². The number of methoxy groups -OCH3 is 1. The van der Waals surface area contributed by atoms with E-state index in [0.717, 1.165) is 6.42 Å².